The van der Waals surface area contributed by atoms with E-state index in [0.29, 0.717) is 36.3 Å². The van der Waals surface area contributed by atoms with Gasteiger partial charge in [0.15, 0.2) is 5.83 Å². The second-order valence-corrected chi connectivity index (χ2v) is 11.2. The van der Waals surface area contributed by atoms with Crippen LogP contribution in [0.1, 0.15) is 35.8 Å². The van der Waals surface area contributed by atoms with E-state index in [-0.39, 0.29) is 44.5 Å². The molecule has 1 aromatic heterocycles. The number of piperazine rings is 1. The third-order valence-electron chi connectivity index (χ3n) is 7.83. The Hall–Kier alpha value is -4.27. The van der Waals surface area contributed by atoms with Gasteiger partial charge >= 0.3 is 0 Å². The number of anilines is 2. The maximum Gasteiger partial charge on any atom is 0.282 e. The molecule has 43 heavy (non-hydrogen) atoms. The van der Waals surface area contributed by atoms with Crippen LogP contribution < -0.4 is 10.2 Å². The molecule has 5 rings (SSSR count). The van der Waals surface area contributed by atoms with Crippen LogP contribution in [-0.2, 0) is 27.4 Å². The number of benzene rings is 2. The number of nitrogens with one attached hydrogen (secondary N) is 1. The van der Waals surface area contributed by atoms with Crippen LogP contribution in [0.2, 0.25) is 5.02 Å². The molecule has 2 aromatic carbocycles. The molecular weight excluding hydrogens is 573 g/mol. The Kier molecular flexibility index (Phi) is 9.08. The Morgan fingerprint density at radius 3 is 2.72 bits per heavy atom. The van der Waals surface area contributed by atoms with Crippen molar-refractivity contribution in [2.45, 2.75) is 38.0 Å². The molecule has 0 saturated carbocycles. The van der Waals surface area contributed by atoms with Gasteiger partial charge < -0.3 is 24.8 Å². The van der Waals surface area contributed by atoms with Crippen LogP contribution in [0.15, 0.2) is 48.8 Å². The summed E-state index contributed by atoms with van der Waals surface area (Å²) in [7, 11) is 3.41. The number of ether oxygens (including phenoxy) is 1. The molecule has 1 unspecified atom stereocenters. The zero-order valence-electron chi connectivity index (χ0n) is 24.1. The molecule has 3 heterocycles. The van der Waals surface area contributed by atoms with Crippen LogP contribution in [0.3, 0.4) is 0 Å². The lowest BCUT2D eigenvalue weighted by atomic mass is 9.94. The summed E-state index contributed by atoms with van der Waals surface area (Å²) >= 11 is 6.62. The number of amides is 2. The number of nitrogens with zero attached hydrogens (tertiary/aromatic N) is 6. The minimum absolute atomic E-state index is 0.0263. The SMILES string of the molecule is C=C(F)C(=O)N1CCN(c2nc(NCCC(=O)N(C)C)nc3c2COC(c2cccc4cccc(Cl)c24)C3)C[C@@H]1CC#N. The van der Waals surface area contributed by atoms with E-state index in [1.54, 1.807) is 14.1 Å². The largest absolute Gasteiger partial charge is 0.368 e. The van der Waals surface area contributed by atoms with Gasteiger partial charge in [0.25, 0.3) is 5.91 Å². The maximum absolute atomic E-state index is 13.8. The molecular formula is C31H33ClFN7O3. The lowest BCUT2D eigenvalue weighted by molar-refractivity contribution is -0.131. The Morgan fingerprint density at radius 1 is 1.23 bits per heavy atom. The highest BCUT2D eigenvalue weighted by Crippen LogP contribution is 2.39. The van der Waals surface area contributed by atoms with Crippen molar-refractivity contribution in [3.05, 3.63) is 70.6 Å². The van der Waals surface area contributed by atoms with Crippen molar-refractivity contribution in [1.29, 1.82) is 5.26 Å². The van der Waals surface area contributed by atoms with Crippen LogP contribution in [0.4, 0.5) is 16.2 Å². The molecule has 2 aliphatic rings. The van der Waals surface area contributed by atoms with Crippen molar-refractivity contribution in [2.24, 2.45) is 0 Å². The number of nitriles is 1. The van der Waals surface area contributed by atoms with Crippen LogP contribution in [0.5, 0.6) is 0 Å². The average Bonchev–Trinajstić information content (AvgIpc) is 3.00. The molecule has 0 aliphatic carbocycles. The third-order valence-corrected chi connectivity index (χ3v) is 8.15. The Bertz CT molecular complexity index is 1600. The molecule has 10 nitrogen and oxygen atoms in total. The first-order chi connectivity index (χ1) is 20.7. The van der Waals surface area contributed by atoms with Crippen molar-refractivity contribution in [3.63, 3.8) is 0 Å². The minimum atomic E-state index is -1.05. The lowest BCUT2D eigenvalue weighted by Crippen LogP contribution is -2.55. The highest BCUT2D eigenvalue weighted by atomic mass is 35.5. The van der Waals surface area contributed by atoms with E-state index in [0.717, 1.165) is 27.6 Å². The molecule has 12 heteroatoms. The van der Waals surface area contributed by atoms with Gasteiger partial charge in [-0.25, -0.2) is 9.37 Å². The van der Waals surface area contributed by atoms with Gasteiger partial charge in [-0.1, -0.05) is 48.5 Å². The number of halogens is 2. The number of carbonyl (C=O) groups is 2. The summed E-state index contributed by atoms with van der Waals surface area (Å²) in [6.45, 7) is 4.56. The first kappa shape index (κ1) is 30.2. The predicted octanol–water partition coefficient (Wildman–Crippen LogP) is 4.40. The van der Waals surface area contributed by atoms with E-state index >= 15 is 0 Å². The molecule has 0 spiro atoms. The lowest BCUT2D eigenvalue weighted by Gasteiger charge is -2.42. The fourth-order valence-electron chi connectivity index (χ4n) is 5.64. The standard InChI is InChI=1S/C31H33ClFN7O3/c1-19(33)30(42)40-15-14-39(17-21(40)10-12-34)29-23-18-43-26(22-8-4-6-20-7-5-9-24(32)28(20)22)16-25(23)36-31(37-29)35-13-11-27(41)38(2)3/h4-9,21,26H,1,10-11,13-18H2,2-3H3,(H,35,36,37)/t21-,26?/m0/s1. The van der Waals surface area contributed by atoms with Gasteiger partial charge in [-0.15, -0.1) is 0 Å². The number of hydrogen-bond donors (Lipinski definition) is 1. The highest BCUT2D eigenvalue weighted by molar-refractivity contribution is 6.35. The summed E-state index contributed by atoms with van der Waals surface area (Å²) in [6.07, 6.45) is 0.447. The second-order valence-electron chi connectivity index (χ2n) is 10.8. The molecule has 2 atom stereocenters. The Labute approximate surface area is 254 Å². The van der Waals surface area contributed by atoms with Gasteiger partial charge in [-0.2, -0.15) is 10.2 Å². The van der Waals surface area contributed by atoms with Crippen molar-refractivity contribution in [1.82, 2.24) is 19.8 Å². The first-order valence-electron chi connectivity index (χ1n) is 14.1. The smallest absolute Gasteiger partial charge is 0.282 e. The summed E-state index contributed by atoms with van der Waals surface area (Å²) in [4.78, 5) is 39.1. The van der Waals surface area contributed by atoms with Gasteiger partial charge in [-0.3, -0.25) is 9.59 Å². The summed E-state index contributed by atoms with van der Waals surface area (Å²) in [6, 6.07) is 13.4. The minimum Gasteiger partial charge on any atom is -0.368 e. The summed E-state index contributed by atoms with van der Waals surface area (Å²) in [5.41, 5.74) is 2.56. The molecule has 1 saturated heterocycles. The van der Waals surface area contributed by atoms with Crippen molar-refractivity contribution >= 4 is 46.0 Å². The monoisotopic (exact) mass is 605 g/mol. The molecule has 2 amide bonds. The van der Waals surface area contributed by atoms with E-state index in [2.05, 4.69) is 18.0 Å². The third kappa shape index (κ3) is 6.40. The second kappa shape index (κ2) is 12.9. The summed E-state index contributed by atoms with van der Waals surface area (Å²) < 4.78 is 20.2. The topological polar surface area (TPSA) is 115 Å². The average molecular weight is 606 g/mol. The van der Waals surface area contributed by atoms with Gasteiger partial charge in [0.2, 0.25) is 11.9 Å². The van der Waals surface area contributed by atoms with Crippen LogP contribution >= 0.6 is 11.6 Å². The summed E-state index contributed by atoms with van der Waals surface area (Å²) in [5.74, 6) is -0.902. The molecule has 0 radical (unpaired) electrons. The fourth-order valence-corrected chi connectivity index (χ4v) is 5.93. The van der Waals surface area contributed by atoms with E-state index < -0.39 is 17.8 Å². The predicted molar refractivity (Wildman–Crippen MR) is 162 cm³/mol. The fraction of sp³-hybridized carbons (Fsp3) is 0.387. The molecule has 224 valence electrons. The quantitative estimate of drug-likeness (QED) is 0.376. The summed E-state index contributed by atoms with van der Waals surface area (Å²) in [5, 5.41) is 15.2. The number of rotatable bonds is 8. The highest BCUT2D eigenvalue weighted by Gasteiger charge is 2.35. The number of aromatic nitrogens is 2. The molecule has 3 aromatic rings. The number of fused-ring (bicyclic) bond motifs is 2. The van der Waals surface area contributed by atoms with E-state index in [1.807, 2.05) is 41.3 Å². The Morgan fingerprint density at radius 2 is 2.00 bits per heavy atom. The Balaban J connectivity index is 1.48. The first-order valence-corrected chi connectivity index (χ1v) is 14.5. The number of hydrogen-bond acceptors (Lipinski definition) is 8. The maximum atomic E-state index is 13.8. The van der Waals surface area contributed by atoms with Crippen molar-refractivity contribution in [3.8, 4) is 6.07 Å². The molecule has 2 aliphatic heterocycles. The van der Waals surface area contributed by atoms with Gasteiger partial charge in [0, 0.05) is 69.1 Å². The zero-order valence-corrected chi connectivity index (χ0v) is 24.9. The van der Waals surface area contributed by atoms with Gasteiger partial charge in [-0.05, 0) is 17.0 Å². The van der Waals surface area contributed by atoms with Gasteiger partial charge in [0.05, 0.1) is 36.9 Å². The number of carbonyl (C=O) groups excluding carboxylic acids is 2. The van der Waals surface area contributed by atoms with Crippen LogP contribution in [0.25, 0.3) is 10.8 Å². The van der Waals surface area contributed by atoms with Crippen molar-refractivity contribution < 1.29 is 18.7 Å². The van der Waals surface area contributed by atoms with E-state index in [9.17, 15) is 19.2 Å². The van der Waals surface area contributed by atoms with Crippen LogP contribution in [0, 0.1) is 11.3 Å². The van der Waals surface area contributed by atoms with Gasteiger partial charge in [0.1, 0.15) is 5.82 Å². The molecule has 1 fully saturated rings. The zero-order chi connectivity index (χ0) is 30.7. The van der Waals surface area contributed by atoms with E-state index in [4.69, 9.17) is 26.3 Å². The normalized spacial score (nSPS) is 18.1. The molecule has 0 bridgehead atoms. The van der Waals surface area contributed by atoms with E-state index in [1.165, 1.54) is 9.80 Å². The molecule has 1 N–H and O–H groups in total. The van der Waals surface area contributed by atoms with Crippen molar-refractivity contribution in [2.75, 3.05) is 50.5 Å². The van der Waals surface area contributed by atoms with Crippen LogP contribution in [-0.4, -0.2) is 77.9 Å².